The second-order valence-electron chi connectivity index (χ2n) is 1.16. The molecule has 1 atom stereocenters. The number of alkyl halides is 2. The largest absolute Gasteiger partial charge is 0.539 e. The van der Waals surface area contributed by atoms with Crippen LogP contribution < -0.4 is 0 Å². The number of hydrogen-bond acceptors (Lipinski definition) is 1. The fraction of sp³-hybridized carbons (Fsp3) is 0.667. The van der Waals surface area contributed by atoms with Crippen LogP contribution >= 0.6 is 0 Å². The minimum atomic E-state index is -2.00. The molecule has 0 amide bonds. The average molecular weight is 360 g/mol. The van der Waals surface area contributed by atoms with Gasteiger partial charge < -0.3 is 4.74 Å². The van der Waals surface area contributed by atoms with E-state index in [1.165, 1.54) is 0 Å². The van der Waals surface area contributed by atoms with Crippen molar-refractivity contribution in [1.82, 2.24) is 0 Å². The summed E-state index contributed by atoms with van der Waals surface area (Å²) in [6.45, 7) is -0.236. The van der Waals surface area contributed by atoms with Gasteiger partial charge in [0.1, 0.15) is 12.5 Å². The molecule has 0 radical (unpaired) electrons. The Balaban J connectivity index is 0.000000360. The third-order valence-corrected chi connectivity index (χ3v) is 0.556. The maximum absolute atomic E-state index is 11.6. The molecule has 4 heteroatoms. The molecule has 0 saturated carbocycles. The van der Waals surface area contributed by atoms with E-state index in [4.69, 9.17) is 0 Å². The molecule has 0 aromatic rings. The first-order valence-electron chi connectivity index (χ1n) is 1.54. The zero-order valence-electron chi connectivity index (χ0n) is 3.66. The van der Waals surface area contributed by atoms with E-state index < -0.39 is 12.5 Å². The monoisotopic (exact) mass is 360 g/mol. The van der Waals surface area contributed by atoms with Crippen molar-refractivity contribution in [2.75, 3.05) is 6.67 Å². The summed E-state index contributed by atoms with van der Waals surface area (Å²) in [6, 6.07) is 0. The van der Waals surface area contributed by atoms with E-state index in [0.717, 1.165) is 6.61 Å². The zero-order chi connectivity index (χ0) is 4.62. The molecule has 0 N–H and O–H groups in total. The molecule has 1 aliphatic rings. The van der Waals surface area contributed by atoms with Crippen molar-refractivity contribution in [3.63, 3.8) is 0 Å². The zero-order valence-corrected chi connectivity index (χ0v) is 10.1. The number of hydrogen-bond donors (Lipinski definition) is 0. The van der Waals surface area contributed by atoms with Gasteiger partial charge in [-0.3, -0.25) is 0 Å². The summed E-state index contributed by atoms with van der Waals surface area (Å²) in [5.74, 6) is -2.00. The van der Waals surface area contributed by atoms with Crippen LogP contribution in [0.15, 0.2) is 0 Å². The van der Waals surface area contributed by atoms with E-state index in [9.17, 15) is 8.78 Å². The molecular formula is C3H3F2ORf-. The van der Waals surface area contributed by atoms with Crippen LogP contribution in [0, 0.1) is 6.61 Å². The topological polar surface area (TPSA) is 12.5 Å². The predicted octanol–water partition coefficient (Wildman–Crippen LogP) is 0.814. The van der Waals surface area contributed by atoms with E-state index in [1.807, 2.05) is 0 Å². The Morgan fingerprint density at radius 2 is 2.14 bits per heavy atom. The molecular weight excluding hydrogens is 357 g/mol. The van der Waals surface area contributed by atoms with E-state index in [2.05, 4.69) is 4.74 Å². The van der Waals surface area contributed by atoms with Gasteiger partial charge in [0, 0.05) is 0 Å². The fourth-order valence-corrected chi connectivity index (χ4v) is 0.127. The maximum Gasteiger partial charge on any atom is 0.118 e. The van der Waals surface area contributed by atoms with Crippen molar-refractivity contribution in [3.05, 3.63) is 6.61 Å². The SMILES string of the molecule is FCC1(F)[CH-]O1.[Rf]. The number of epoxide rings is 1. The second kappa shape index (κ2) is 1.15. The van der Waals surface area contributed by atoms with Gasteiger partial charge in [-0.25, -0.2) is 8.78 Å². The summed E-state index contributed by atoms with van der Waals surface area (Å²) in [5, 5.41) is 0. The molecule has 38 valence electrons. The number of halogens is 2. The Labute approximate surface area is 33.9 Å². The third-order valence-electron chi connectivity index (χ3n) is 0.556. The predicted molar refractivity (Wildman–Crippen MR) is 15.2 cm³/mol. The normalized spacial score (nSPS) is 36.9. The summed E-state index contributed by atoms with van der Waals surface area (Å²) in [5.41, 5.74) is 0. The summed E-state index contributed by atoms with van der Waals surface area (Å²) < 4.78 is 26.5. The van der Waals surface area contributed by atoms with E-state index in [-0.39, 0.29) is 0 Å². The first-order chi connectivity index (χ1) is 2.77. The molecule has 0 bridgehead atoms. The first kappa shape index (κ1) is 5.82. The van der Waals surface area contributed by atoms with Gasteiger partial charge >= 0.3 is 0 Å². The Morgan fingerprint density at radius 1 is 1.71 bits per heavy atom. The molecule has 1 heterocycles. The molecule has 0 spiro atoms. The van der Waals surface area contributed by atoms with Crippen LogP contribution in [0.25, 0.3) is 0 Å². The van der Waals surface area contributed by atoms with Crippen LogP contribution in [-0.2, 0) is 4.74 Å². The average Bonchev–Trinajstić information content (AvgIpc) is 2.22. The molecule has 1 nitrogen and oxygen atoms in total. The quantitative estimate of drug-likeness (QED) is 0.498. The van der Waals surface area contributed by atoms with Crippen LogP contribution in [0.4, 0.5) is 8.78 Å². The maximum atomic E-state index is 11.6. The molecule has 1 fully saturated rings. The van der Waals surface area contributed by atoms with Gasteiger partial charge in [-0.05, 0) is 0 Å². The molecule has 1 rings (SSSR count). The minimum Gasteiger partial charge on any atom is -0.539 e. The molecule has 0 aromatic heterocycles. The van der Waals surface area contributed by atoms with Crippen molar-refractivity contribution in [2.45, 2.75) is 5.85 Å². The molecule has 0 aromatic carbocycles. The summed E-state index contributed by atoms with van der Waals surface area (Å²) in [7, 11) is 0. The fourth-order valence-electron chi connectivity index (χ4n) is 0.127. The van der Waals surface area contributed by atoms with Gasteiger partial charge in [0.05, 0.1) is 0 Å². The Bertz CT molecular complexity index is 64.0. The molecule has 7 heavy (non-hydrogen) atoms. The Morgan fingerprint density at radius 3 is 2.14 bits per heavy atom. The number of rotatable bonds is 1. The molecule has 0 aliphatic carbocycles. The summed E-state index contributed by atoms with van der Waals surface area (Å²) in [6.07, 6.45) is 0. The van der Waals surface area contributed by atoms with E-state index >= 15 is 0 Å². The minimum absolute atomic E-state index is 0. The summed E-state index contributed by atoms with van der Waals surface area (Å²) in [4.78, 5) is 0. The van der Waals surface area contributed by atoms with Crippen molar-refractivity contribution >= 4 is 0 Å². The van der Waals surface area contributed by atoms with Crippen LogP contribution in [0.2, 0.25) is 0 Å². The standard InChI is InChI=1S/C3H3F2O.Rf/c4-1-3(5)2-6-3;/h2H,1H2;/q-1;. The van der Waals surface area contributed by atoms with Gasteiger partial charge in [0.15, 0.2) is 0 Å². The molecule has 1 aliphatic heterocycles. The second-order valence-corrected chi connectivity index (χ2v) is 1.16. The molecule has 1 unspecified atom stereocenters. The van der Waals surface area contributed by atoms with E-state index in [1.54, 1.807) is 0 Å². The van der Waals surface area contributed by atoms with Crippen molar-refractivity contribution in [1.29, 1.82) is 0 Å². The third kappa shape index (κ3) is 0.824. The smallest absolute Gasteiger partial charge is 0.118 e. The Kier molecular flexibility index (Phi) is 0.956. The number of ether oxygens (including phenoxy) is 1. The Hall–Kier alpha value is -1.18. The van der Waals surface area contributed by atoms with Crippen LogP contribution in [0.1, 0.15) is 0 Å². The van der Waals surface area contributed by atoms with Gasteiger partial charge in [-0.15, -0.1) is 6.61 Å². The van der Waals surface area contributed by atoms with Crippen molar-refractivity contribution in [2.24, 2.45) is 0 Å². The van der Waals surface area contributed by atoms with Crippen molar-refractivity contribution in [3.8, 4) is 0 Å². The first-order valence-corrected chi connectivity index (χ1v) is 1.54. The van der Waals surface area contributed by atoms with Crippen LogP contribution in [-0.4, -0.2) is 12.5 Å². The van der Waals surface area contributed by atoms with Gasteiger partial charge in [-0.2, -0.15) is 0 Å². The van der Waals surface area contributed by atoms with Crippen LogP contribution in [0.5, 0.6) is 0 Å². The molecule has 1 saturated heterocycles. The van der Waals surface area contributed by atoms with Gasteiger partial charge in [-0.1, -0.05) is 0 Å². The van der Waals surface area contributed by atoms with Gasteiger partial charge in [0.2, 0.25) is 0 Å². The van der Waals surface area contributed by atoms with Crippen molar-refractivity contribution < 1.29 is 13.5 Å². The van der Waals surface area contributed by atoms with Gasteiger partial charge in [0.25, 0.3) is 0 Å². The summed E-state index contributed by atoms with van der Waals surface area (Å²) >= 11 is 0. The van der Waals surface area contributed by atoms with Crippen LogP contribution in [0.3, 0.4) is 0 Å². The van der Waals surface area contributed by atoms with E-state index in [0.29, 0.717) is 0 Å².